The number of aromatic nitrogens is 1. The Morgan fingerprint density at radius 1 is 1.00 bits per heavy atom. The van der Waals surface area contributed by atoms with Crippen molar-refractivity contribution in [2.75, 3.05) is 45.3 Å². The van der Waals surface area contributed by atoms with Crippen LogP contribution in [0.2, 0.25) is 0 Å². The third kappa shape index (κ3) is 5.83. The molecule has 10 heteroatoms. The lowest BCUT2D eigenvalue weighted by molar-refractivity contribution is -0.140. The van der Waals surface area contributed by atoms with Crippen LogP contribution in [-0.2, 0) is 23.1 Å². The maximum Gasteiger partial charge on any atom is 0.306 e. The summed E-state index contributed by atoms with van der Waals surface area (Å²) in [4.78, 5) is 43.2. The number of anilines is 1. The van der Waals surface area contributed by atoms with E-state index >= 15 is 0 Å². The summed E-state index contributed by atoms with van der Waals surface area (Å²) in [7, 11) is 4.53. The molecule has 0 aliphatic carbocycles. The van der Waals surface area contributed by atoms with Crippen molar-refractivity contribution < 1.29 is 23.8 Å². The Balaban J connectivity index is 1.43. The molecule has 0 saturated carbocycles. The van der Waals surface area contributed by atoms with E-state index in [4.69, 9.17) is 13.9 Å². The second kappa shape index (κ2) is 11.9. The molecule has 0 radical (unpaired) electrons. The summed E-state index contributed by atoms with van der Waals surface area (Å²) in [5.41, 5.74) is 1.04. The number of ether oxygens (including phenoxy) is 2. The molecule has 0 bridgehead atoms. The van der Waals surface area contributed by atoms with Crippen molar-refractivity contribution >= 4 is 22.6 Å². The van der Waals surface area contributed by atoms with E-state index in [-0.39, 0.29) is 23.3 Å². The zero-order valence-electron chi connectivity index (χ0n) is 23.3. The van der Waals surface area contributed by atoms with E-state index < -0.39 is 23.1 Å². The smallest absolute Gasteiger partial charge is 0.306 e. The average Bonchev–Trinajstić information content (AvgIpc) is 3.00. The number of carbonyl (C=O) groups is 1. The molecule has 5 rings (SSSR count). The number of hydrogen-bond donors (Lipinski definition) is 1. The molecule has 0 spiro atoms. The van der Waals surface area contributed by atoms with Crippen molar-refractivity contribution in [2.45, 2.75) is 18.9 Å². The SMILES string of the molecule is COC(=O)C[C@@H](c1oc(CN2CCN(c3ccc(OC)cc3)CC2)cc(=O)c1O)c1cc2ccccc2n(C)c1=O. The molecule has 1 atom stereocenters. The van der Waals surface area contributed by atoms with E-state index in [1.54, 1.807) is 20.2 Å². The number of benzene rings is 2. The highest BCUT2D eigenvalue weighted by atomic mass is 16.5. The summed E-state index contributed by atoms with van der Waals surface area (Å²) in [6.45, 7) is 3.34. The van der Waals surface area contributed by atoms with Gasteiger partial charge in [-0.2, -0.15) is 0 Å². The average molecular weight is 560 g/mol. The van der Waals surface area contributed by atoms with Crippen LogP contribution in [0.3, 0.4) is 0 Å². The molecule has 41 heavy (non-hydrogen) atoms. The molecule has 1 N–H and O–H groups in total. The predicted molar refractivity (Wildman–Crippen MR) is 155 cm³/mol. The number of piperazine rings is 1. The Morgan fingerprint density at radius 2 is 1.71 bits per heavy atom. The number of carbonyl (C=O) groups excluding carboxylic acids is 1. The predicted octanol–water partition coefficient (Wildman–Crippen LogP) is 3.22. The van der Waals surface area contributed by atoms with E-state index in [1.165, 1.54) is 17.7 Å². The first-order valence-corrected chi connectivity index (χ1v) is 13.4. The number of aryl methyl sites for hydroxylation is 1. The standard InChI is InChI=1S/C31H33N3O7/c1-32-26-7-5-4-6-20(26)16-25(31(32)38)24(18-28(36)40-3)30-29(37)27(35)17-23(41-30)19-33-12-14-34(15-13-33)21-8-10-22(39-2)11-9-21/h4-11,16-17,24,37H,12-15,18-19H2,1-3H3/t24-/m1/s1. The number of pyridine rings is 1. The molecular formula is C31H33N3O7. The minimum Gasteiger partial charge on any atom is -0.502 e. The summed E-state index contributed by atoms with van der Waals surface area (Å²) < 4.78 is 17.7. The number of nitrogens with zero attached hydrogens (tertiary/aromatic N) is 3. The largest absolute Gasteiger partial charge is 0.502 e. The summed E-state index contributed by atoms with van der Waals surface area (Å²) in [6, 6.07) is 18.2. The van der Waals surface area contributed by atoms with Crippen LogP contribution < -0.4 is 20.6 Å². The first kappa shape index (κ1) is 28.0. The van der Waals surface area contributed by atoms with Crippen LogP contribution in [0.15, 0.2) is 74.7 Å². The molecular weight excluding hydrogens is 526 g/mol. The third-order valence-corrected chi connectivity index (χ3v) is 7.64. The van der Waals surface area contributed by atoms with Crippen LogP contribution in [0.25, 0.3) is 10.9 Å². The maximum atomic E-state index is 13.4. The molecule has 1 aliphatic rings. The molecule has 0 amide bonds. The van der Waals surface area contributed by atoms with E-state index in [0.29, 0.717) is 17.8 Å². The van der Waals surface area contributed by atoms with Gasteiger partial charge < -0.3 is 28.5 Å². The van der Waals surface area contributed by atoms with Crippen molar-refractivity contribution in [3.05, 3.63) is 98.3 Å². The van der Waals surface area contributed by atoms with Gasteiger partial charge in [-0.25, -0.2) is 0 Å². The van der Waals surface area contributed by atoms with Crippen LogP contribution in [0, 0.1) is 0 Å². The molecule has 0 unspecified atom stereocenters. The quantitative estimate of drug-likeness (QED) is 0.325. The molecule has 1 fully saturated rings. The molecule has 1 saturated heterocycles. The van der Waals surface area contributed by atoms with Crippen molar-refractivity contribution in [1.82, 2.24) is 9.47 Å². The number of aromatic hydroxyl groups is 1. The Kier molecular flexibility index (Phi) is 8.11. The van der Waals surface area contributed by atoms with Gasteiger partial charge in [-0.3, -0.25) is 19.3 Å². The van der Waals surface area contributed by atoms with Gasteiger partial charge in [-0.1, -0.05) is 18.2 Å². The zero-order valence-corrected chi connectivity index (χ0v) is 23.3. The normalized spacial score (nSPS) is 14.7. The third-order valence-electron chi connectivity index (χ3n) is 7.64. The van der Waals surface area contributed by atoms with E-state index in [0.717, 1.165) is 43.0 Å². The summed E-state index contributed by atoms with van der Waals surface area (Å²) in [5, 5.41) is 11.6. The van der Waals surface area contributed by atoms with Crippen LogP contribution in [0.5, 0.6) is 11.5 Å². The number of hydrogen-bond acceptors (Lipinski definition) is 9. The molecule has 1 aliphatic heterocycles. The summed E-state index contributed by atoms with van der Waals surface area (Å²) >= 11 is 0. The lowest BCUT2D eigenvalue weighted by Crippen LogP contribution is -2.46. The van der Waals surface area contributed by atoms with Gasteiger partial charge in [0.15, 0.2) is 5.76 Å². The zero-order chi connectivity index (χ0) is 29.1. The highest BCUT2D eigenvalue weighted by Crippen LogP contribution is 2.33. The summed E-state index contributed by atoms with van der Waals surface area (Å²) in [6.07, 6.45) is -0.287. The van der Waals surface area contributed by atoms with Crippen LogP contribution >= 0.6 is 0 Å². The Labute approximate surface area is 236 Å². The van der Waals surface area contributed by atoms with Gasteiger partial charge in [0.2, 0.25) is 11.2 Å². The molecule has 2 aromatic carbocycles. The number of rotatable bonds is 8. The molecule has 4 aromatic rings. The highest BCUT2D eigenvalue weighted by molar-refractivity contribution is 5.80. The maximum absolute atomic E-state index is 13.4. The molecule has 214 valence electrons. The highest BCUT2D eigenvalue weighted by Gasteiger charge is 2.30. The second-order valence-corrected chi connectivity index (χ2v) is 10.1. The first-order chi connectivity index (χ1) is 19.8. The van der Waals surface area contributed by atoms with Gasteiger partial charge in [-0.05, 0) is 41.8 Å². The lowest BCUT2D eigenvalue weighted by Gasteiger charge is -2.36. The van der Waals surface area contributed by atoms with Crippen LogP contribution in [0.4, 0.5) is 5.69 Å². The van der Waals surface area contributed by atoms with Crippen molar-refractivity contribution in [3.63, 3.8) is 0 Å². The molecule has 3 heterocycles. The van der Waals surface area contributed by atoms with Gasteiger partial charge in [0.05, 0.1) is 38.6 Å². The fourth-order valence-corrected chi connectivity index (χ4v) is 5.34. The van der Waals surface area contributed by atoms with Gasteiger partial charge in [0.1, 0.15) is 11.5 Å². The van der Waals surface area contributed by atoms with E-state index in [1.807, 2.05) is 48.5 Å². The molecule has 10 nitrogen and oxygen atoms in total. The van der Waals surface area contributed by atoms with Crippen molar-refractivity contribution in [1.29, 1.82) is 0 Å². The van der Waals surface area contributed by atoms with Gasteiger partial charge in [-0.15, -0.1) is 0 Å². The lowest BCUT2D eigenvalue weighted by atomic mass is 9.92. The van der Waals surface area contributed by atoms with Crippen molar-refractivity contribution in [3.8, 4) is 11.5 Å². The number of methoxy groups -OCH3 is 2. The summed E-state index contributed by atoms with van der Waals surface area (Å²) in [5.74, 6) is -1.23. The number of para-hydroxylation sites is 1. The van der Waals surface area contributed by atoms with Gasteiger partial charge in [0.25, 0.3) is 5.56 Å². The number of fused-ring (bicyclic) bond motifs is 1. The van der Waals surface area contributed by atoms with Crippen LogP contribution in [-0.4, -0.2) is 60.9 Å². The minimum atomic E-state index is -1.02. The minimum absolute atomic E-state index is 0.123. The fraction of sp³-hybridized carbons (Fsp3) is 0.323. The van der Waals surface area contributed by atoms with E-state index in [2.05, 4.69) is 9.80 Å². The van der Waals surface area contributed by atoms with Crippen LogP contribution in [0.1, 0.15) is 29.4 Å². The number of esters is 1. The first-order valence-electron chi connectivity index (χ1n) is 13.4. The van der Waals surface area contributed by atoms with Gasteiger partial charge >= 0.3 is 5.97 Å². The molecule has 2 aromatic heterocycles. The topological polar surface area (TPSA) is 114 Å². The Morgan fingerprint density at radius 3 is 2.39 bits per heavy atom. The Bertz CT molecular complexity index is 1670. The van der Waals surface area contributed by atoms with E-state index in [9.17, 15) is 19.5 Å². The van der Waals surface area contributed by atoms with Gasteiger partial charge in [0, 0.05) is 50.5 Å². The second-order valence-electron chi connectivity index (χ2n) is 10.1. The monoisotopic (exact) mass is 559 g/mol. The Hall–Kier alpha value is -4.57. The van der Waals surface area contributed by atoms with Crippen molar-refractivity contribution in [2.24, 2.45) is 7.05 Å². The fourth-order valence-electron chi connectivity index (χ4n) is 5.34.